The highest BCUT2D eigenvalue weighted by atomic mass is 35.5. The van der Waals surface area contributed by atoms with Gasteiger partial charge in [0.1, 0.15) is 5.69 Å². The number of aromatic nitrogens is 4. The van der Waals surface area contributed by atoms with E-state index >= 15 is 0 Å². The van der Waals surface area contributed by atoms with Crippen LogP contribution in [0.5, 0.6) is 0 Å². The van der Waals surface area contributed by atoms with E-state index in [4.69, 9.17) is 17.3 Å². The molecule has 6 nitrogen and oxygen atoms in total. The maximum absolute atomic E-state index is 6.11. The first-order valence-corrected chi connectivity index (χ1v) is 7.09. The summed E-state index contributed by atoms with van der Waals surface area (Å²) in [6.07, 6.45) is 3.71. The molecular weight excluding hydrogens is 276 g/mol. The maximum atomic E-state index is 6.11. The van der Waals surface area contributed by atoms with Crippen LogP contribution in [0.2, 0.25) is 5.02 Å². The fourth-order valence-corrected chi connectivity index (χ4v) is 2.58. The van der Waals surface area contributed by atoms with Gasteiger partial charge < -0.3 is 10.6 Å². The van der Waals surface area contributed by atoms with Gasteiger partial charge in [0.15, 0.2) is 5.82 Å². The van der Waals surface area contributed by atoms with Crippen LogP contribution >= 0.6 is 11.6 Å². The summed E-state index contributed by atoms with van der Waals surface area (Å²) in [5.41, 5.74) is 6.83. The molecule has 3 heterocycles. The number of anilines is 1. The van der Waals surface area contributed by atoms with Crippen LogP contribution in [0.1, 0.15) is 19.8 Å². The highest BCUT2D eigenvalue weighted by molar-refractivity contribution is 6.30. The highest BCUT2D eigenvalue weighted by Crippen LogP contribution is 2.23. The molecule has 3 rings (SSSR count). The molecule has 7 heteroatoms. The molecule has 2 unspecified atom stereocenters. The van der Waals surface area contributed by atoms with Gasteiger partial charge in [-0.2, -0.15) is 4.98 Å². The van der Waals surface area contributed by atoms with Gasteiger partial charge in [-0.15, -0.1) is 5.10 Å². The Labute approximate surface area is 122 Å². The second-order valence-corrected chi connectivity index (χ2v) is 5.52. The first kappa shape index (κ1) is 13.3. The third-order valence-corrected chi connectivity index (χ3v) is 3.97. The van der Waals surface area contributed by atoms with Gasteiger partial charge in [-0.05, 0) is 31.9 Å². The lowest BCUT2D eigenvalue weighted by molar-refractivity contribution is 0.416. The van der Waals surface area contributed by atoms with Crippen LogP contribution in [0.25, 0.3) is 11.5 Å². The third kappa shape index (κ3) is 2.48. The molecule has 0 spiro atoms. The molecule has 2 aromatic rings. The summed E-state index contributed by atoms with van der Waals surface area (Å²) in [6, 6.07) is 4.01. The lowest BCUT2D eigenvalue weighted by Crippen LogP contribution is -2.50. The van der Waals surface area contributed by atoms with Crippen molar-refractivity contribution in [2.24, 2.45) is 5.73 Å². The largest absolute Gasteiger partial charge is 0.335 e. The summed E-state index contributed by atoms with van der Waals surface area (Å²) < 4.78 is 0. The second-order valence-electron chi connectivity index (χ2n) is 5.09. The Morgan fingerprint density at radius 2 is 2.30 bits per heavy atom. The number of pyridine rings is 1. The number of rotatable bonds is 2. The molecule has 1 saturated heterocycles. The third-order valence-electron chi connectivity index (χ3n) is 3.75. The van der Waals surface area contributed by atoms with Crippen molar-refractivity contribution >= 4 is 17.5 Å². The lowest BCUT2D eigenvalue weighted by Gasteiger charge is -2.36. The molecule has 2 atom stereocenters. The highest BCUT2D eigenvalue weighted by Gasteiger charge is 2.27. The molecular formula is C13H17ClN6. The molecule has 106 valence electrons. The number of hydrogen-bond donors (Lipinski definition) is 2. The summed E-state index contributed by atoms with van der Waals surface area (Å²) in [5.74, 6) is 1.32. The molecule has 0 aromatic carbocycles. The van der Waals surface area contributed by atoms with Crippen LogP contribution in [0.15, 0.2) is 18.3 Å². The Kier molecular flexibility index (Phi) is 3.58. The van der Waals surface area contributed by atoms with Crippen LogP contribution in [0.3, 0.4) is 0 Å². The van der Waals surface area contributed by atoms with Gasteiger partial charge in [0.25, 0.3) is 0 Å². The molecule has 20 heavy (non-hydrogen) atoms. The predicted molar refractivity (Wildman–Crippen MR) is 78.6 cm³/mol. The second kappa shape index (κ2) is 5.38. The standard InChI is InChI=1S/C13H17ClN6/c1-8-10(15)3-2-6-20(8)13-17-12(18-19-13)11-5-4-9(14)7-16-11/h4-5,7-8,10H,2-3,6,15H2,1H3,(H,17,18,19). The molecule has 1 fully saturated rings. The smallest absolute Gasteiger partial charge is 0.245 e. The number of halogens is 1. The lowest BCUT2D eigenvalue weighted by atomic mass is 9.99. The number of nitrogens with one attached hydrogen (secondary N) is 1. The normalized spacial score (nSPS) is 23.1. The van der Waals surface area contributed by atoms with Crippen molar-refractivity contribution in [2.45, 2.75) is 31.8 Å². The van der Waals surface area contributed by atoms with Crippen LogP contribution in [0.4, 0.5) is 5.95 Å². The van der Waals surface area contributed by atoms with E-state index in [1.807, 2.05) is 6.07 Å². The van der Waals surface area contributed by atoms with Crippen molar-refractivity contribution in [2.75, 3.05) is 11.4 Å². The zero-order valence-corrected chi connectivity index (χ0v) is 12.0. The van der Waals surface area contributed by atoms with Gasteiger partial charge in [0.05, 0.1) is 5.02 Å². The summed E-state index contributed by atoms with van der Waals surface area (Å²) >= 11 is 5.83. The summed E-state index contributed by atoms with van der Waals surface area (Å²) in [6.45, 7) is 3.04. The number of nitrogens with zero attached hydrogens (tertiary/aromatic N) is 4. The maximum Gasteiger partial charge on any atom is 0.245 e. The Hall–Kier alpha value is -1.66. The van der Waals surface area contributed by atoms with E-state index in [1.165, 1.54) is 0 Å². The number of piperidine rings is 1. The summed E-state index contributed by atoms with van der Waals surface area (Å²) in [5, 5.41) is 7.81. The average molecular weight is 293 g/mol. The van der Waals surface area contributed by atoms with Gasteiger partial charge in [-0.25, -0.2) is 0 Å². The van der Waals surface area contributed by atoms with Crippen molar-refractivity contribution in [1.82, 2.24) is 20.2 Å². The Bertz CT molecular complexity index is 581. The number of hydrogen-bond acceptors (Lipinski definition) is 5. The van der Waals surface area contributed by atoms with Crippen LogP contribution in [-0.2, 0) is 0 Å². The van der Waals surface area contributed by atoms with Gasteiger partial charge in [-0.3, -0.25) is 10.1 Å². The zero-order valence-electron chi connectivity index (χ0n) is 11.3. The monoisotopic (exact) mass is 292 g/mol. The van der Waals surface area contributed by atoms with Crippen molar-refractivity contribution in [3.63, 3.8) is 0 Å². The van der Waals surface area contributed by atoms with E-state index in [9.17, 15) is 0 Å². The predicted octanol–water partition coefficient (Wildman–Crippen LogP) is 1.84. The molecule has 0 saturated carbocycles. The molecule has 1 aliphatic heterocycles. The average Bonchev–Trinajstić information content (AvgIpc) is 2.92. The van der Waals surface area contributed by atoms with Crippen LogP contribution in [-0.4, -0.2) is 38.8 Å². The first-order valence-electron chi connectivity index (χ1n) is 6.71. The minimum Gasteiger partial charge on any atom is -0.335 e. The van der Waals surface area contributed by atoms with Crippen molar-refractivity contribution in [1.29, 1.82) is 0 Å². The van der Waals surface area contributed by atoms with Gasteiger partial charge in [0, 0.05) is 24.8 Å². The molecule has 0 radical (unpaired) electrons. The van der Waals surface area contributed by atoms with Gasteiger partial charge in [0.2, 0.25) is 5.95 Å². The van der Waals surface area contributed by atoms with Crippen molar-refractivity contribution in [3.8, 4) is 11.5 Å². The first-order chi connectivity index (χ1) is 9.65. The number of nitrogens with two attached hydrogens (primary N) is 1. The molecule has 2 aromatic heterocycles. The summed E-state index contributed by atoms with van der Waals surface area (Å²) in [4.78, 5) is 10.9. The van der Waals surface area contributed by atoms with E-state index in [1.54, 1.807) is 12.3 Å². The fourth-order valence-electron chi connectivity index (χ4n) is 2.47. The zero-order chi connectivity index (χ0) is 14.1. The minimum atomic E-state index is 0.166. The van der Waals surface area contributed by atoms with E-state index in [2.05, 4.69) is 32.0 Å². The number of H-pyrrole nitrogens is 1. The van der Waals surface area contributed by atoms with E-state index in [0.29, 0.717) is 16.8 Å². The van der Waals surface area contributed by atoms with E-state index < -0.39 is 0 Å². The van der Waals surface area contributed by atoms with Crippen LogP contribution in [0, 0.1) is 0 Å². The molecule has 3 N–H and O–H groups in total. The van der Waals surface area contributed by atoms with Gasteiger partial charge >= 0.3 is 0 Å². The van der Waals surface area contributed by atoms with Crippen molar-refractivity contribution in [3.05, 3.63) is 23.4 Å². The quantitative estimate of drug-likeness (QED) is 0.882. The Balaban J connectivity index is 1.84. The minimum absolute atomic E-state index is 0.166. The Morgan fingerprint density at radius 1 is 1.45 bits per heavy atom. The molecule has 0 bridgehead atoms. The topological polar surface area (TPSA) is 83.7 Å². The Morgan fingerprint density at radius 3 is 3.05 bits per heavy atom. The SMILES string of the molecule is CC1C(N)CCCN1c1n[nH]c(-c2ccc(Cl)cn2)n1. The number of aromatic amines is 1. The molecule has 1 aliphatic rings. The van der Waals surface area contributed by atoms with E-state index in [0.717, 1.165) is 25.1 Å². The van der Waals surface area contributed by atoms with Crippen molar-refractivity contribution < 1.29 is 0 Å². The molecule has 0 aliphatic carbocycles. The summed E-state index contributed by atoms with van der Waals surface area (Å²) in [7, 11) is 0. The molecule has 0 amide bonds. The fraction of sp³-hybridized carbons (Fsp3) is 0.462. The van der Waals surface area contributed by atoms with Crippen LogP contribution < -0.4 is 10.6 Å². The van der Waals surface area contributed by atoms with E-state index in [-0.39, 0.29) is 12.1 Å². The van der Waals surface area contributed by atoms with Gasteiger partial charge in [-0.1, -0.05) is 11.6 Å².